The van der Waals surface area contributed by atoms with Gasteiger partial charge in [0.25, 0.3) is 0 Å². The van der Waals surface area contributed by atoms with E-state index in [0.29, 0.717) is 23.7 Å². The van der Waals surface area contributed by atoms with Gasteiger partial charge in [0.2, 0.25) is 9.84 Å². The second kappa shape index (κ2) is 12.1. The van der Waals surface area contributed by atoms with Gasteiger partial charge in [-0.25, -0.2) is 13.2 Å². The summed E-state index contributed by atoms with van der Waals surface area (Å²) in [6.07, 6.45) is 0.980. The van der Waals surface area contributed by atoms with Crippen molar-refractivity contribution in [2.75, 3.05) is 19.7 Å². The molecule has 0 radical (unpaired) electrons. The number of aryl methyl sites for hydroxylation is 1. The van der Waals surface area contributed by atoms with Gasteiger partial charge in [-0.2, -0.15) is 0 Å². The van der Waals surface area contributed by atoms with Crippen LogP contribution in [-0.4, -0.2) is 39.2 Å². The van der Waals surface area contributed by atoms with Crippen molar-refractivity contribution in [3.8, 4) is 0 Å². The molecule has 3 aromatic rings. The zero-order valence-electron chi connectivity index (χ0n) is 18.9. The zero-order chi connectivity index (χ0) is 24.6. The van der Waals surface area contributed by atoms with Crippen LogP contribution in [-0.2, 0) is 21.0 Å². The van der Waals surface area contributed by atoms with Gasteiger partial charge < -0.3 is 15.2 Å². The molecule has 1 atom stereocenters. The highest BCUT2D eigenvalue weighted by Crippen LogP contribution is 2.22. The second-order valence-electron chi connectivity index (χ2n) is 7.77. The van der Waals surface area contributed by atoms with Gasteiger partial charge in [0.15, 0.2) is 0 Å². The molecule has 0 fully saturated rings. The fourth-order valence-electron chi connectivity index (χ4n) is 3.44. The first-order chi connectivity index (χ1) is 16.3. The minimum atomic E-state index is -3.68. The third-order valence-electron chi connectivity index (χ3n) is 5.30. The highest BCUT2D eigenvalue weighted by atomic mass is 35.5. The lowest BCUT2D eigenvalue weighted by Crippen LogP contribution is -2.22. The maximum absolute atomic E-state index is 12.9. The summed E-state index contributed by atoms with van der Waals surface area (Å²) in [6, 6.07) is 19.7. The number of esters is 1. The molecule has 8 heteroatoms. The van der Waals surface area contributed by atoms with E-state index < -0.39 is 21.9 Å². The molecule has 0 saturated carbocycles. The van der Waals surface area contributed by atoms with Gasteiger partial charge in [0, 0.05) is 11.6 Å². The SMILES string of the molecule is CCOC(=O)c1ccc(S(=O)(=O)c2ccc(CCCNC[C@H](O)c3cccc(Cl)c3)cc2)cc1. The Morgan fingerprint density at radius 3 is 2.29 bits per heavy atom. The molecule has 3 rings (SSSR count). The molecule has 0 spiro atoms. The molecule has 2 N–H and O–H groups in total. The van der Waals surface area contributed by atoms with E-state index in [2.05, 4.69) is 5.32 Å². The number of carbonyl (C=O) groups is 1. The van der Waals surface area contributed by atoms with Crippen LogP contribution in [0.5, 0.6) is 0 Å². The smallest absolute Gasteiger partial charge is 0.338 e. The van der Waals surface area contributed by atoms with Crippen molar-refractivity contribution in [3.05, 3.63) is 94.5 Å². The van der Waals surface area contributed by atoms with Crippen LogP contribution in [0.1, 0.15) is 40.9 Å². The van der Waals surface area contributed by atoms with Crippen molar-refractivity contribution < 1.29 is 23.1 Å². The number of hydrogen-bond acceptors (Lipinski definition) is 6. The molecule has 0 amide bonds. The largest absolute Gasteiger partial charge is 0.462 e. The Morgan fingerprint density at radius 1 is 1.03 bits per heavy atom. The van der Waals surface area contributed by atoms with E-state index in [4.69, 9.17) is 16.3 Å². The van der Waals surface area contributed by atoms with Crippen molar-refractivity contribution in [1.82, 2.24) is 5.32 Å². The Kier molecular flexibility index (Phi) is 9.24. The Hall–Kier alpha value is -2.71. The molecule has 0 aliphatic carbocycles. The van der Waals surface area contributed by atoms with Crippen LogP contribution < -0.4 is 5.32 Å². The summed E-state index contributed by atoms with van der Waals surface area (Å²) in [5, 5.41) is 14.0. The zero-order valence-corrected chi connectivity index (χ0v) is 20.5. The third-order valence-corrected chi connectivity index (χ3v) is 7.32. The summed E-state index contributed by atoms with van der Waals surface area (Å²) in [4.78, 5) is 12.1. The lowest BCUT2D eigenvalue weighted by Gasteiger charge is -2.12. The summed E-state index contributed by atoms with van der Waals surface area (Å²) in [7, 11) is -3.68. The molecule has 0 aliphatic rings. The summed E-state index contributed by atoms with van der Waals surface area (Å²) in [5.41, 5.74) is 2.10. The van der Waals surface area contributed by atoms with Crippen molar-refractivity contribution in [2.45, 2.75) is 35.7 Å². The molecular weight excluding hydrogens is 474 g/mol. The highest BCUT2D eigenvalue weighted by Gasteiger charge is 2.18. The van der Waals surface area contributed by atoms with Crippen LogP contribution in [0.4, 0.5) is 0 Å². The maximum Gasteiger partial charge on any atom is 0.338 e. The van der Waals surface area contributed by atoms with E-state index in [9.17, 15) is 18.3 Å². The highest BCUT2D eigenvalue weighted by molar-refractivity contribution is 7.91. The lowest BCUT2D eigenvalue weighted by molar-refractivity contribution is 0.0526. The van der Waals surface area contributed by atoms with Crippen LogP contribution in [0.2, 0.25) is 5.02 Å². The molecule has 180 valence electrons. The van der Waals surface area contributed by atoms with E-state index in [1.165, 1.54) is 24.3 Å². The van der Waals surface area contributed by atoms with Crippen LogP contribution in [0.3, 0.4) is 0 Å². The molecule has 0 unspecified atom stereocenters. The fraction of sp³-hybridized carbons (Fsp3) is 0.269. The Bertz CT molecular complexity index is 1190. The van der Waals surface area contributed by atoms with E-state index in [-0.39, 0.29) is 16.4 Å². The van der Waals surface area contributed by atoms with Gasteiger partial charge in [-0.15, -0.1) is 0 Å². The van der Waals surface area contributed by atoms with Crippen molar-refractivity contribution in [2.24, 2.45) is 0 Å². The van der Waals surface area contributed by atoms with Crippen LogP contribution in [0, 0.1) is 0 Å². The fourth-order valence-corrected chi connectivity index (χ4v) is 4.90. The normalized spacial score (nSPS) is 12.3. The maximum atomic E-state index is 12.9. The Morgan fingerprint density at radius 2 is 1.68 bits per heavy atom. The lowest BCUT2D eigenvalue weighted by atomic mass is 10.1. The molecule has 3 aromatic carbocycles. The number of aliphatic hydroxyl groups excluding tert-OH is 1. The molecule has 0 bridgehead atoms. The summed E-state index contributed by atoms with van der Waals surface area (Å²) >= 11 is 5.96. The number of hydrogen-bond donors (Lipinski definition) is 2. The number of aliphatic hydroxyl groups is 1. The number of ether oxygens (including phenoxy) is 1. The summed E-state index contributed by atoms with van der Waals surface area (Å²) in [6.45, 7) is 3.10. The average Bonchev–Trinajstić information content (AvgIpc) is 2.84. The quantitative estimate of drug-likeness (QED) is 0.294. The topological polar surface area (TPSA) is 92.7 Å². The first-order valence-corrected chi connectivity index (χ1v) is 12.9. The van der Waals surface area contributed by atoms with Gasteiger partial charge in [0.05, 0.1) is 28.1 Å². The predicted molar refractivity (Wildman–Crippen MR) is 132 cm³/mol. The first kappa shape index (κ1) is 25.9. The van der Waals surface area contributed by atoms with E-state index in [1.54, 1.807) is 43.3 Å². The summed E-state index contributed by atoms with van der Waals surface area (Å²) in [5.74, 6) is -0.482. The van der Waals surface area contributed by atoms with Crippen molar-refractivity contribution in [3.63, 3.8) is 0 Å². The standard InChI is InChI=1S/C26H28ClNO5S/c1-2-33-26(30)20-10-14-24(15-11-20)34(31,32)23-12-8-19(9-13-23)5-4-16-28-18-25(29)21-6-3-7-22(27)17-21/h3,6-15,17,25,28-29H,2,4-5,16,18H2,1H3/t25-/m0/s1. The van der Waals surface area contributed by atoms with Gasteiger partial charge in [0.1, 0.15) is 0 Å². The number of rotatable bonds is 11. The predicted octanol–water partition coefficient (Wildman–Crippen LogP) is 4.61. The number of nitrogens with one attached hydrogen (secondary N) is 1. The van der Waals surface area contributed by atoms with Gasteiger partial charge in [-0.1, -0.05) is 35.9 Å². The molecule has 0 aliphatic heterocycles. The van der Waals surface area contributed by atoms with Gasteiger partial charge >= 0.3 is 5.97 Å². The Balaban J connectivity index is 1.50. The molecule has 0 saturated heterocycles. The minimum Gasteiger partial charge on any atom is -0.462 e. The molecule has 6 nitrogen and oxygen atoms in total. The number of carbonyl (C=O) groups excluding carboxylic acids is 1. The molecule has 0 heterocycles. The van der Waals surface area contributed by atoms with Crippen LogP contribution >= 0.6 is 11.6 Å². The average molecular weight is 502 g/mol. The van der Waals surface area contributed by atoms with Crippen molar-refractivity contribution >= 4 is 27.4 Å². The van der Waals surface area contributed by atoms with Crippen LogP contribution in [0.15, 0.2) is 82.6 Å². The molecular formula is C26H28ClNO5S. The van der Waals surface area contributed by atoms with E-state index >= 15 is 0 Å². The van der Waals surface area contributed by atoms with Gasteiger partial charge in [-0.05, 0) is 86.0 Å². The molecule has 34 heavy (non-hydrogen) atoms. The Labute approximate surface area is 205 Å². The molecule has 0 aromatic heterocycles. The van der Waals surface area contributed by atoms with E-state index in [0.717, 1.165) is 24.0 Å². The van der Waals surface area contributed by atoms with E-state index in [1.807, 2.05) is 12.1 Å². The monoisotopic (exact) mass is 501 g/mol. The minimum absolute atomic E-state index is 0.121. The number of halogens is 1. The third kappa shape index (κ3) is 6.90. The summed E-state index contributed by atoms with van der Waals surface area (Å²) < 4.78 is 30.7. The first-order valence-electron chi connectivity index (χ1n) is 11.1. The van der Waals surface area contributed by atoms with Gasteiger partial charge in [-0.3, -0.25) is 0 Å². The van der Waals surface area contributed by atoms with Crippen LogP contribution in [0.25, 0.3) is 0 Å². The van der Waals surface area contributed by atoms with Crippen molar-refractivity contribution in [1.29, 1.82) is 0 Å². The second-order valence-corrected chi connectivity index (χ2v) is 10.2. The number of benzene rings is 3. The number of sulfone groups is 1.